The first kappa shape index (κ1) is 19.2. The molecule has 0 aliphatic heterocycles. The normalized spacial score (nSPS) is 15.2. The van der Waals surface area contributed by atoms with E-state index in [1.807, 2.05) is 32.9 Å². The van der Waals surface area contributed by atoms with Crippen molar-refractivity contribution in [1.29, 1.82) is 5.26 Å². The fourth-order valence-corrected chi connectivity index (χ4v) is 3.10. The van der Waals surface area contributed by atoms with Gasteiger partial charge in [0.05, 0.1) is 26.8 Å². The molecule has 0 aliphatic carbocycles. The van der Waals surface area contributed by atoms with Crippen LogP contribution in [0.5, 0.6) is 0 Å². The van der Waals surface area contributed by atoms with Gasteiger partial charge in [-0.2, -0.15) is 5.26 Å². The second-order valence-electron chi connectivity index (χ2n) is 7.10. The molecule has 0 aliphatic rings. The lowest BCUT2D eigenvalue weighted by Gasteiger charge is -2.31. The summed E-state index contributed by atoms with van der Waals surface area (Å²) in [5.41, 5.74) is 1.85. The van der Waals surface area contributed by atoms with Gasteiger partial charge < -0.3 is 0 Å². The van der Waals surface area contributed by atoms with Gasteiger partial charge in [0, 0.05) is 18.0 Å². The number of nitrogens with zero attached hydrogens (tertiary/aromatic N) is 2. The summed E-state index contributed by atoms with van der Waals surface area (Å²) in [4.78, 5) is 4.05. The minimum Gasteiger partial charge on any atom is -0.263 e. The molecule has 1 aromatic carbocycles. The van der Waals surface area contributed by atoms with Crippen LogP contribution in [0, 0.1) is 11.3 Å². The van der Waals surface area contributed by atoms with Crippen LogP contribution in [0.2, 0.25) is 0 Å². The van der Waals surface area contributed by atoms with Crippen molar-refractivity contribution < 1.29 is 8.60 Å². The number of nitriles is 1. The molecule has 0 saturated heterocycles. The van der Waals surface area contributed by atoms with Crippen LogP contribution in [0.15, 0.2) is 42.7 Å². The zero-order valence-corrected chi connectivity index (χ0v) is 15.7. The van der Waals surface area contributed by atoms with Crippen molar-refractivity contribution in [2.24, 2.45) is 0 Å². The molecule has 1 aromatic heterocycles. The molecule has 4 nitrogen and oxygen atoms in total. The number of pyridine rings is 1. The lowest BCUT2D eigenvalue weighted by atomic mass is 9.93. The molecule has 0 bridgehead atoms. The van der Waals surface area contributed by atoms with Crippen molar-refractivity contribution in [3.8, 4) is 17.2 Å². The molecule has 25 heavy (non-hydrogen) atoms. The Hall–Kier alpha value is -2.10. The Morgan fingerprint density at radius 2 is 1.80 bits per heavy atom. The summed E-state index contributed by atoms with van der Waals surface area (Å²) in [5, 5.41) is 8.97. The minimum absolute atomic E-state index is 0.484. The van der Waals surface area contributed by atoms with E-state index < -0.39 is 27.9 Å². The van der Waals surface area contributed by atoms with Gasteiger partial charge in [-0.25, -0.2) is 13.3 Å². The number of alkyl halides is 1. The maximum atomic E-state index is 13.8. The Labute approximate surface area is 150 Å². The second-order valence-corrected chi connectivity index (χ2v) is 9.07. The van der Waals surface area contributed by atoms with E-state index in [0.29, 0.717) is 11.1 Å². The Bertz CT molecular complexity index is 809. The highest BCUT2D eigenvalue weighted by molar-refractivity contribution is 7.84. The molecular formula is C19H22FN3OS. The van der Waals surface area contributed by atoms with Crippen molar-refractivity contribution in [3.63, 3.8) is 0 Å². The predicted octanol–water partition coefficient (Wildman–Crippen LogP) is 3.86. The molecule has 2 aromatic rings. The van der Waals surface area contributed by atoms with Gasteiger partial charge in [0.2, 0.25) is 0 Å². The van der Waals surface area contributed by atoms with Crippen LogP contribution >= 0.6 is 0 Å². The number of nitrogens with one attached hydrogen (secondary N) is 1. The number of aromatic nitrogens is 1. The molecule has 0 spiro atoms. The Morgan fingerprint density at radius 1 is 1.16 bits per heavy atom. The van der Waals surface area contributed by atoms with E-state index in [9.17, 15) is 8.60 Å². The Balaban J connectivity index is 2.30. The smallest absolute Gasteiger partial charge is 0.112 e. The highest BCUT2D eigenvalue weighted by atomic mass is 32.2. The summed E-state index contributed by atoms with van der Waals surface area (Å²) in [6, 6.07) is 11.1. The fourth-order valence-electron chi connectivity index (χ4n) is 2.21. The number of hydrogen-bond donors (Lipinski definition) is 1. The van der Waals surface area contributed by atoms with Gasteiger partial charge in [-0.3, -0.25) is 4.98 Å². The van der Waals surface area contributed by atoms with Crippen LogP contribution in [-0.2, 0) is 16.5 Å². The van der Waals surface area contributed by atoms with Crippen molar-refractivity contribution in [1.82, 2.24) is 9.71 Å². The first-order valence-corrected chi connectivity index (χ1v) is 9.06. The van der Waals surface area contributed by atoms with E-state index in [4.69, 9.17) is 5.26 Å². The second kappa shape index (κ2) is 7.42. The molecule has 1 N–H and O–H groups in total. The molecule has 0 fully saturated rings. The monoisotopic (exact) mass is 359 g/mol. The molecule has 0 radical (unpaired) electrons. The van der Waals surface area contributed by atoms with Gasteiger partial charge in [0.1, 0.15) is 12.7 Å². The maximum absolute atomic E-state index is 13.8. The van der Waals surface area contributed by atoms with Crippen LogP contribution in [-0.4, -0.2) is 20.6 Å². The first-order valence-electron chi connectivity index (χ1n) is 7.91. The van der Waals surface area contributed by atoms with Crippen LogP contribution in [0.25, 0.3) is 11.1 Å². The highest BCUT2D eigenvalue weighted by Crippen LogP contribution is 2.27. The molecule has 6 heteroatoms. The number of hydrogen-bond acceptors (Lipinski definition) is 3. The lowest BCUT2D eigenvalue weighted by Crippen LogP contribution is -2.47. The molecule has 0 saturated carbocycles. The quantitative estimate of drug-likeness (QED) is 0.882. The van der Waals surface area contributed by atoms with Crippen LogP contribution in [0.3, 0.4) is 0 Å². The van der Waals surface area contributed by atoms with E-state index in [2.05, 4.69) is 15.8 Å². The first-order chi connectivity index (χ1) is 11.7. The van der Waals surface area contributed by atoms with Gasteiger partial charge in [-0.05, 0) is 44.9 Å². The molecular weight excluding hydrogens is 337 g/mol. The van der Waals surface area contributed by atoms with Crippen molar-refractivity contribution in [2.45, 2.75) is 38.0 Å². The molecule has 1 heterocycles. The van der Waals surface area contributed by atoms with Gasteiger partial charge in [0.25, 0.3) is 0 Å². The zero-order valence-electron chi connectivity index (χ0n) is 14.8. The van der Waals surface area contributed by atoms with Gasteiger partial charge in [-0.15, -0.1) is 0 Å². The van der Waals surface area contributed by atoms with Gasteiger partial charge >= 0.3 is 0 Å². The number of rotatable bonds is 5. The summed E-state index contributed by atoms with van der Waals surface area (Å²) in [7, 11) is -1.39. The summed E-state index contributed by atoms with van der Waals surface area (Å²) < 4.78 is 28.6. The predicted molar refractivity (Wildman–Crippen MR) is 98.7 cm³/mol. The SMILES string of the molecule is CC(CF)(NS(=O)C(C)(C)C)c1ccc(-c2cncc(C#N)c2)cc1. The van der Waals surface area contributed by atoms with E-state index in [-0.39, 0.29) is 0 Å². The summed E-state index contributed by atoms with van der Waals surface area (Å²) in [6.07, 6.45) is 3.18. The van der Waals surface area contributed by atoms with Crippen molar-refractivity contribution in [2.75, 3.05) is 6.67 Å². The molecule has 2 atom stereocenters. The minimum atomic E-state index is -1.39. The van der Waals surface area contributed by atoms with Crippen molar-refractivity contribution >= 4 is 11.0 Å². The third-order valence-corrected chi connectivity index (χ3v) is 5.61. The third kappa shape index (κ3) is 4.50. The summed E-state index contributed by atoms with van der Waals surface area (Å²) >= 11 is 0. The average molecular weight is 359 g/mol. The van der Waals surface area contributed by atoms with E-state index in [0.717, 1.165) is 11.1 Å². The Kier molecular flexibility index (Phi) is 5.71. The van der Waals surface area contributed by atoms with Gasteiger partial charge in [-0.1, -0.05) is 24.3 Å². The Morgan fingerprint density at radius 3 is 2.32 bits per heavy atom. The maximum Gasteiger partial charge on any atom is 0.112 e. The number of benzene rings is 1. The van der Waals surface area contributed by atoms with E-state index in [1.165, 1.54) is 6.20 Å². The molecule has 2 unspecified atom stereocenters. The van der Waals surface area contributed by atoms with Gasteiger partial charge in [0.15, 0.2) is 0 Å². The third-order valence-electron chi connectivity index (χ3n) is 3.86. The highest BCUT2D eigenvalue weighted by Gasteiger charge is 2.32. The summed E-state index contributed by atoms with van der Waals surface area (Å²) in [6.45, 7) is 6.54. The zero-order chi connectivity index (χ0) is 18.7. The lowest BCUT2D eigenvalue weighted by molar-refractivity contribution is 0.311. The largest absolute Gasteiger partial charge is 0.263 e. The van der Waals surface area contributed by atoms with Crippen LogP contribution < -0.4 is 4.72 Å². The molecule has 2 rings (SSSR count). The number of halogens is 1. The fraction of sp³-hybridized carbons (Fsp3) is 0.368. The topological polar surface area (TPSA) is 65.8 Å². The summed E-state index contributed by atoms with van der Waals surface area (Å²) in [5.74, 6) is 0. The van der Waals surface area contributed by atoms with Crippen molar-refractivity contribution in [3.05, 3.63) is 53.9 Å². The van der Waals surface area contributed by atoms with Crippen LogP contribution in [0.1, 0.15) is 38.8 Å². The van der Waals surface area contributed by atoms with E-state index >= 15 is 0 Å². The molecule has 132 valence electrons. The average Bonchev–Trinajstić information content (AvgIpc) is 2.61. The van der Waals surface area contributed by atoms with Crippen LogP contribution in [0.4, 0.5) is 4.39 Å². The standard InChI is InChI=1S/C19H22FN3OS/c1-18(2,3)25(24)23-19(4,13-20)17-7-5-15(6-8-17)16-9-14(10-21)11-22-12-16/h5-9,11-12,23H,13H2,1-4H3. The van der Waals surface area contributed by atoms with E-state index in [1.54, 1.807) is 31.3 Å². The molecule has 0 amide bonds.